The van der Waals surface area contributed by atoms with Gasteiger partial charge in [-0.2, -0.15) is 0 Å². The molecular formula is C23H27Br4N3O5. The highest BCUT2D eigenvalue weighted by molar-refractivity contribution is 9.12. The Morgan fingerprint density at radius 3 is 2.60 bits per heavy atom. The Bertz CT molecular complexity index is 1040. The molecule has 1 spiro atoms. The van der Waals surface area contributed by atoms with Crippen molar-refractivity contribution in [2.24, 2.45) is 5.16 Å². The van der Waals surface area contributed by atoms with E-state index in [9.17, 15) is 9.90 Å². The molecule has 8 nitrogen and oxygen atoms in total. The van der Waals surface area contributed by atoms with Gasteiger partial charge in [-0.15, -0.1) is 0 Å². The van der Waals surface area contributed by atoms with E-state index in [0.717, 1.165) is 33.2 Å². The van der Waals surface area contributed by atoms with E-state index in [1.807, 2.05) is 26.2 Å². The second kappa shape index (κ2) is 12.6. The number of amides is 1. The molecule has 0 bridgehead atoms. The lowest BCUT2D eigenvalue weighted by molar-refractivity contribution is -0.114. The Hall–Kier alpha value is -0.920. The van der Waals surface area contributed by atoms with Gasteiger partial charge in [0.15, 0.2) is 5.60 Å². The van der Waals surface area contributed by atoms with Gasteiger partial charge in [0.05, 0.1) is 31.6 Å². The molecule has 0 saturated heterocycles. The second-order valence-corrected chi connectivity index (χ2v) is 11.9. The van der Waals surface area contributed by atoms with Crippen molar-refractivity contribution in [3.05, 3.63) is 47.4 Å². The molecule has 192 valence electrons. The van der Waals surface area contributed by atoms with Gasteiger partial charge >= 0.3 is 0 Å². The van der Waals surface area contributed by atoms with E-state index in [2.05, 4.69) is 79.1 Å². The van der Waals surface area contributed by atoms with Crippen molar-refractivity contribution in [1.29, 1.82) is 0 Å². The molecule has 0 fully saturated rings. The number of ether oxygens (including phenoxy) is 2. The van der Waals surface area contributed by atoms with Gasteiger partial charge < -0.3 is 29.6 Å². The van der Waals surface area contributed by atoms with Gasteiger partial charge in [-0.25, -0.2) is 0 Å². The van der Waals surface area contributed by atoms with Crippen LogP contribution in [0.2, 0.25) is 0 Å². The maximum Gasteiger partial charge on any atom is 0.269 e. The average Bonchev–Trinajstić information content (AvgIpc) is 3.21. The molecule has 2 atom stereocenters. The molecule has 3 rings (SSSR count). The minimum Gasteiger partial charge on any atom is -0.495 e. The highest BCUT2D eigenvalue weighted by atomic mass is 79.9. The van der Waals surface area contributed by atoms with Gasteiger partial charge in [-0.3, -0.25) is 4.79 Å². The molecule has 1 aliphatic carbocycles. The fraction of sp³-hybridized carbons (Fsp3) is 0.478. The predicted molar refractivity (Wildman–Crippen MR) is 149 cm³/mol. The molecule has 0 aromatic heterocycles. The Kier molecular flexibility index (Phi) is 10.3. The molecule has 2 N–H and O–H groups in total. The first kappa shape index (κ1) is 28.6. The van der Waals surface area contributed by atoms with Crippen molar-refractivity contribution >= 4 is 75.3 Å². The summed E-state index contributed by atoms with van der Waals surface area (Å²) in [5, 5.41) is 17.6. The summed E-state index contributed by atoms with van der Waals surface area (Å²) in [5.41, 5.74) is 0.0666. The fourth-order valence-electron chi connectivity index (χ4n) is 3.69. The van der Waals surface area contributed by atoms with Gasteiger partial charge in [0.1, 0.15) is 23.3 Å². The number of nitrogens with one attached hydrogen (secondary N) is 1. The number of hydrogen-bond donors (Lipinski definition) is 2. The maximum absolute atomic E-state index is 12.7. The number of halogens is 4. The van der Waals surface area contributed by atoms with E-state index in [1.165, 1.54) is 7.11 Å². The summed E-state index contributed by atoms with van der Waals surface area (Å²) in [6.45, 7) is 1.99. The molecule has 1 amide bonds. The highest BCUT2D eigenvalue weighted by Crippen LogP contribution is 2.44. The molecule has 35 heavy (non-hydrogen) atoms. The number of allylic oxidation sites excluding steroid dienone is 1. The minimum atomic E-state index is -1.18. The summed E-state index contributed by atoms with van der Waals surface area (Å²) in [5.74, 6) is 0.892. The molecule has 2 unspecified atom stereocenters. The Morgan fingerprint density at radius 2 is 1.97 bits per heavy atom. The van der Waals surface area contributed by atoms with E-state index in [4.69, 9.17) is 14.3 Å². The molecule has 1 aliphatic heterocycles. The second-order valence-electron chi connectivity index (χ2n) is 8.44. The van der Waals surface area contributed by atoms with E-state index in [-0.39, 0.29) is 18.0 Å². The van der Waals surface area contributed by atoms with Crippen LogP contribution in [-0.4, -0.2) is 74.2 Å². The average molecular weight is 745 g/mol. The number of oxime groups is 1. The number of rotatable bonds is 10. The minimum absolute atomic E-state index is 0.123. The third-order valence-electron chi connectivity index (χ3n) is 5.50. The van der Waals surface area contributed by atoms with Crippen LogP contribution in [0.5, 0.6) is 5.75 Å². The first-order valence-electron chi connectivity index (χ1n) is 10.9. The highest BCUT2D eigenvalue weighted by Gasteiger charge is 2.50. The van der Waals surface area contributed by atoms with Crippen LogP contribution in [0.1, 0.15) is 18.4 Å². The Morgan fingerprint density at radius 1 is 1.29 bits per heavy atom. The number of methoxy groups -OCH3 is 1. The number of hydrogen-bond acceptors (Lipinski definition) is 7. The van der Waals surface area contributed by atoms with Crippen LogP contribution in [0.15, 0.2) is 47.0 Å². The summed E-state index contributed by atoms with van der Waals surface area (Å²) in [7, 11) is 5.57. The molecular weight excluding hydrogens is 718 g/mol. The van der Waals surface area contributed by atoms with Crippen molar-refractivity contribution in [3.8, 4) is 5.75 Å². The molecule has 0 saturated carbocycles. The van der Waals surface area contributed by atoms with Crippen molar-refractivity contribution in [2.45, 2.75) is 31.0 Å². The molecule has 12 heteroatoms. The maximum atomic E-state index is 12.7. The normalized spacial score (nSPS) is 21.7. The van der Waals surface area contributed by atoms with E-state index < -0.39 is 11.7 Å². The standard InChI is InChI=1S/C23H27Br4N3O5/c1-30(2)7-4-8-34-19-14(24)9-13(10-15(19)25)5-6-28-22(32)17-12-23(35-29-17)11-16(26)20(33-3)18(27)21(23)31/h9-11,21,31H,4-8,12H2,1-3H3,(H,28,32). The zero-order valence-electron chi connectivity index (χ0n) is 19.5. The van der Waals surface area contributed by atoms with Crippen molar-refractivity contribution in [2.75, 3.05) is 40.9 Å². The van der Waals surface area contributed by atoms with Crippen molar-refractivity contribution in [1.82, 2.24) is 10.2 Å². The van der Waals surface area contributed by atoms with Crippen LogP contribution in [0.3, 0.4) is 0 Å². The molecule has 1 aromatic carbocycles. The monoisotopic (exact) mass is 741 g/mol. The van der Waals surface area contributed by atoms with Crippen molar-refractivity contribution in [3.63, 3.8) is 0 Å². The predicted octanol–water partition coefficient (Wildman–Crippen LogP) is 4.62. The van der Waals surface area contributed by atoms with Crippen molar-refractivity contribution < 1.29 is 24.2 Å². The summed E-state index contributed by atoms with van der Waals surface area (Å²) in [6.07, 6.45) is 2.27. The summed E-state index contributed by atoms with van der Waals surface area (Å²) in [4.78, 5) is 20.4. The summed E-state index contributed by atoms with van der Waals surface area (Å²) in [6, 6.07) is 3.97. The lowest BCUT2D eigenvalue weighted by atomic mass is 9.87. The first-order valence-corrected chi connectivity index (χ1v) is 14.0. The fourth-order valence-corrected chi connectivity index (χ4v) is 6.99. The lowest BCUT2D eigenvalue weighted by Gasteiger charge is -2.33. The number of benzene rings is 1. The van der Waals surface area contributed by atoms with E-state index in [1.54, 1.807) is 6.08 Å². The number of aliphatic hydroxyl groups is 1. The molecule has 2 aliphatic rings. The van der Waals surface area contributed by atoms with Crippen LogP contribution in [0.25, 0.3) is 0 Å². The summed E-state index contributed by atoms with van der Waals surface area (Å²) >= 11 is 13.9. The van der Waals surface area contributed by atoms with Gasteiger partial charge in [-0.1, -0.05) is 5.16 Å². The third kappa shape index (κ3) is 6.89. The van der Waals surface area contributed by atoms with E-state index in [0.29, 0.717) is 34.3 Å². The van der Waals surface area contributed by atoms with Gasteiger partial charge in [0.25, 0.3) is 5.91 Å². The molecule has 1 heterocycles. The first-order chi connectivity index (χ1) is 16.6. The topological polar surface area (TPSA) is 92.6 Å². The van der Waals surface area contributed by atoms with Gasteiger partial charge in [-0.05, 0) is 114 Å². The molecule has 1 aromatic rings. The van der Waals surface area contributed by atoms with Crippen LogP contribution < -0.4 is 10.1 Å². The number of carbonyl (C=O) groups excluding carboxylic acids is 1. The quantitative estimate of drug-likeness (QED) is 0.340. The van der Waals surface area contributed by atoms with Crippen LogP contribution >= 0.6 is 63.7 Å². The van der Waals surface area contributed by atoms with Gasteiger partial charge in [0, 0.05) is 19.5 Å². The number of aliphatic hydroxyl groups excluding tert-OH is 1. The zero-order valence-corrected chi connectivity index (χ0v) is 25.9. The number of nitrogens with zero attached hydrogens (tertiary/aromatic N) is 2. The zero-order chi connectivity index (χ0) is 25.8. The molecule has 0 radical (unpaired) electrons. The largest absolute Gasteiger partial charge is 0.495 e. The summed E-state index contributed by atoms with van der Waals surface area (Å²) < 4.78 is 13.9. The third-order valence-corrected chi connectivity index (χ3v) is 8.06. The smallest absolute Gasteiger partial charge is 0.269 e. The van der Waals surface area contributed by atoms with Crippen LogP contribution in [0.4, 0.5) is 0 Å². The Labute approximate surface area is 238 Å². The van der Waals surface area contributed by atoms with Gasteiger partial charge in [0.2, 0.25) is 0 Å². The van der Waals surface area contributed by atoms with Crippen LogP contribution in [0, 0.1) is 0 Å². The van der Waals surface area contributed by atoms with Crippen LogP contribution in [-0.2, 0) is 20.8 Å². The lowest BCUT2D eigenvalue weighted by Crippen LogP contribution is -2.45. The SMILES string of the molecule is COC1=C(Br)C(O)C2(C=C1Br)CC(C(=O)NCCc1cc(Br)c(OCCCN(C)C)c(Br)c1)=NO2. The van der Waals surface area contributed by atoms with E-state index >= 15 is 0 Å². The number of carbonyl (C=O) groups is 1. The Balaban J connectivity index is 1.53.